The van der Waals surface area contributed by atoms with Crippen LogP contribution in [-0.4, -0.2) is 268 Å². The quantitative estimate of drug-likeness (QED) is 0.0200. The highest BCUT2D eigenvalue weighted by Gasteiger charge is 2.38. The van der Waals surface area contributed by atoms with Crippen molar-refractivity contribution in [3.05, 3.63) is 252 Å². The van der Waals surface area contributed by atoms with Gasteiger partial charge in [0.2, 0.25) is 0 Å². The molecule has 758 valence electrons. The number of ether oxygens (including phenoxy) is 12. The van der Waals surface area contributed by atoms with E-state index in [2.05, 4.69) is 189 Å². The molecule has 0 N–H and O–H groups in total. The van der Waals surface area contributed by atoms with E-state index < -0.39 is 29.0 Å². The molecule has 0 saturated carbocycles. The Labute approximate surface area is 827 Å². The molecule has 17 aromatic rings. The number of fused-ring (bicyclic) bond motifs is 9. The normalized spacial score (nSPS) is 11.7. The number of aromatic nitrogens is 18. The zero-order valence-corrected chi connectivity index (χ0v) is 85.1. The molecule has 0 spiro atoms. The van der Waals surface area contributed by atoms with Gasteiger partial charge in [0.1, 0.15) is 67.3 Å². The van der Waals surface area contributed by atoms with E-state index in [4.69, 9.17) is 56.8 Å². The molecule has 6 aromatic heterocycles. The number of para-hydroxylation sites is 1. The Morgan fingerprint density at radius 1 is 0.273 bits per heavy atom. The Balaban J connectivity index is 0.000000149. The van der Waals surface area contributed by atoms with Crippen molar-refractivity contribution in [3.63, 3.8) is 0 Å². The van der Waals surface area contributed by atoms with Gasteiger partial charge in [0.05, 0.1) is 166 Å². The molecule has 37 heteroatoms. The lowest BCUT2D eigenvalue weighted by Crippen LogP contribution is -2.33. The highest BCUT2D eigenvalue weighted by Crippen LogP contribution is 2.35. The first kappa shape index (κ1) is 108. The molecule has 7 heterocycles. The van der Waals surface area contributed by atoms with Crippen LogP contribution in [0.1, 0.15) is 98.6 Å². The van der Waals surface area contributed by atoms with Gasteiger partial charge in [-0.3, -0.25) is 14.5 Å². The Bertz CT molecular complexity index is 6870. The summed E-state index contributed by atoms with van der Waals surface area (Å²) < 4.78 is 119. The molecule has 1 aliphatic rings. The maximum Gasteiger partial charge on any atom is 0.261 e. The van der Waals surface area contributed by atoms with Gasteiger partial charge in [0, 0.05) is 65.9 Å². The second-order valence-corrected chi connectivity index (χ2v) is 34.1. The van der Waals surface area contributed by atoms with Crippen LogP contribution in [0.2, 0.25) is 0 Å². The average molecular weight is 1970 g/mol. The van der Waals surface area contributed by atoms with Crippen molar-refractivity contribution in [3.8, 4) is 17.1 Å². The number of hydrogen-bond donors (Lipinski definition) is 0. The SMILES string of the molecule is COCCOCCN1C(=O)c2c(C)ccc(C)c2C1=O.COCCOCCn1nc2c(C)c(F)c(F)c(C)c2n1.COCCOCCn1nc2c(C)c3ccccc3c(C)c2n1.COCCOCCn1nc2c(C)ccc(C)c2n1.COCCOCCn1nnc2c(C)c3ccccc3c(C)c21.COCCOc1c(F)cc(-n2nc3c(C)ccc(C)c3n2)cc1F.Cc1ccc(C)c2nn(-c3ccccc3)nc12. The van der Waals surface area contributed by atoms with Crippen LogP contribution in [0.15, 0.2) is 140 Å². The molecule has 0 radical (unpaired) electrons. The van der Waals surface area contributed by atoms with E-state index in [1.807, 2.05) is 87.0 Å². The monoisotopic (exact) mass is 1970 g/mol. The molecule has 0 atom stereocenters. The van der Waals surface area contributed by atoms with Crippen LogP contribution >= 0.6 is 0 Å². The van der Waals surface area contributed by atoms with Crippen LogP contribution in [0.4, 0.5) is 17.6 Å². The predicted molar refractivity (Wildman–Crippen MR) is 542 cm³/mol. The van der Waals surface area contributed by atoms with Gasteiger partial charge in [0.15, 0.2) is 29.0 Å². The Morgan fingerprint density at radius 3 is 0.916 bits per heavy atom. The Hall–Kier alpha value is -13.4. The van der Waals surface area contributed by atoms with Gasteiger partial charge in [-0.1, -0.05) is 120 Å². The smallest absolute Gasteiger partial charge is 0.261 e. The average Bonchev–Trinajstić information content (AvgIpc) is 1.61. The first-order valence-corrected chi connectivity index (χ1v) is 47.1. The third-order valence-electron chi connectivity index (χ3n) is 24.0. The van der Waals surface area contributed by atoms with Crippen molar-refractivity contribution < 1.29 is 84.0 Å². The number of amides is 2. The fraction of sp³-hybridized carbons (Fsp3) is 0.396. The summed E-state index contributed by atoms with van der Waals surface area (Å²) in [6.45, 7) is 38.3. The number of carbonyl (C=O) groups excluding carboxylic acids is 2. The number of halogens is 4. The largest absolute Gasteiger partial charge is 0.485 e. The van der Waals surface area contributed by atoms with Gasteiger partial charge in [0.25, 0.3) is 11.8 Å². The molecule has 0 aliphatic carbocycles. The van der Waals surface area contributed by atoms with Gasteiger partial charge < -0.3 is 56.8 Å². The molecule has 1 aliphatic heterocycles. The lowest BCUT2D eigenvalue weighted by molar-refractivity contribution is 0.0459. The van der Waals surface area contributed by atoms with Crippen molar-refractivity contribution >= 4 is 99.6 Å². The van der Waals surface area contributed by atoms with Crippen molar-refractivity contribution in [1.29, 1.82) is 0 Å². The van der Waals surface area contributed by atoms with Crippen LogP contribution in [0.5, 0.6) is 5.75 Å². The molecule has 0 bridgehead atoms. The number of rotatable bonds is 36. The number of nitrogens with zero attached hydrogens (tertiary/aromatic N) is 19. The lowest BCUT2D eigenvalue weighted by atomic mass is 9.99. The van der Waals surface area contributed by atoms with Gasteiger partial charge in [-0.25, -0.2) is 22.2 Å². The van der Waals surface area contributed by atoms with Crippen molar-refractivity contribution in [2.24, 2.45) is 0 Å². The van der Waals surface area contributed by atoms with E-state index in [-0.39, 0.29) is 48.4 Å². The lowest BCUT2D eigenvalue weighted by Gasteiger charge is -2.13. The van der Waals surface area contributed by atoms with Crippen LogP contribution in [-0.2, 0) is 78.3 Å². The van der Waals surface area contributed by atoms with Crippen LogP contribution in [0, 0.1) is 120 Å². The molecule has 0 saturated heterocycles. The molecular formula is C106H127F4N19O14. The third kappa shape index (κ3) is 26.7. The minimum absolute atomic E-state index is 0.0615. The van der Waals surface area contributed by atoms with Crippen molar-refractivity contribution in [2.75, 3.05) is 162 Å². The van der Waals surface area contributed by atoms with E-state index in [1.54, 1.807) is 49.9 Å². The van der Waals surface area contributed by atoms with Gasteiger partial charge in [-0.05, 0) is 197 Å². The van der Waals surface area contributed by atoms with E-state index in [9.17, 15) is 27.2 Å². The van der Waals surface area contributed by atoms with Crippen LogP contribution in [0.25, 0.3) is 99.1 Å². The summed E-state index contributed by atoms with van der Waals surface area (Å²) in [5.41, 5.74) is 25.7. The molecule has 0 unspecified atom stereocenters. The number of aryl methyl sites for hydroxylation is 14. The van der Waals surface area contributed by atoms with E-state index in [1.165, 1.54) is 79.2 Å². The second-order valence-electron chi connectivity index (χ2n) is 34.1. The number of hydrogen-bond acceptors (Lipinski definition) is 26. The van der Waals surface area contributed by atoms with E-state index >= 15 is 0 Å². The maximum atomic E-state index is 14.2. The summed E-state index contributed by atoms with van der Waals surface area (Å²) in [6.07, 6.45) is 0. The minimum atomic E-state index is -0.863. The predicted octanol–water partition coefficient (Wildman–Crippen LogP) is 17.4. The highest BCUT2D eigenvalue weighted by atomic mass is 19.2. The number of imide groups is 1. The summed E-state index contributed by atoms with van der Waals surface area (Å²) >= 11 is 0. The maximum absolute atomic E-state index is 14.2. The zero-order valence-electron chi connectivity index (χ0n) is 85.1. The Kier molecular flexibility index (Phi) is 39.8. The molecule has 11 aromatic carbocycles. The van der Waals surface area contributed by atoms with Crippen LogP contribution in [0.3, 0.4) is 0 Å². The summed E-state index contributed by atoms with van der Waals surface area (Å²) in [5.74, 6) is -4.22. The van der Waals surface area contributed by atoms with Crippen molar-refractivity contribution in [2.45, 2.75) is 123 Å². The fourth-order valence-electron chi connectivity index (χ4n) is 15.9. The first-order chi connectivity index (χ1) is 69.1. The topological polar surface area (TPSA) is 332 Å². The number of carbonyl (C=O) groups is 2. The van der Waals surface area contributed by atoms with E-state index in [0.717, 1.165) is 106 Å². The zero-order chi connectivity index (χ0) is 103. The van der Waals surface area contributed by atoms with Gasteiger partial charge >= 0.3 is 0 Å². The third-order valence-corrected chi connectivity index (χ3v) is 24.0. The minimum Gasteiger partial charge on any atom is -0.485 e. The molecule has 18 rings (SSSR count). The number of benzene rings is 11. The highest BCUT2D eigenvalue weighted by molar-refractivity contribution is 6.22. The van der Waals surface area contributed by atoms with Crippen molar-refractivity contribution in [1.82, 2.24) is 94.9 Å². The Morgan fingerprint density at radius 2 is 0.559 bits per heavy atom. The second kappa shape index (κ2) is 52.5. The van der Waals surface area contributed by atoms with Crippen LogP contribution < -0.4 is 4.74 Å². The molecule has 0 fully saturated rings. The molecule has 143 heavy (non-hydrogen) atoms. The fourth-order valence-corrected chi connectivity index (χ4v) is 15.9. The summed E-state index contributed by atoms with van der Waals surface area (Å²) in [4.78, 5) is 33.7. The van der Waals surface area contributed by atoms with Gasteiger partial charge in [-0.2, -0.15) is 54.6 Å². The van der Waals surface area contributed by atoms with Gasteiger partial charge in [-0.15, -0.1) is 25.5 Å². The van der Waals surface area contributed by atoms with E-state index in [0.29, 0.717) is 158 Å². The molecule has 2 amide bonds. The standard InChI is InChI=1S/C17H17F2N3O2.2C17H21N3O2.C15H19NO4.C14H13N3.C13H17F2N3O2.C13H19N3O2/c1-10-4-5-11(2)16-15(10)20-22(21-16)12-8-13(18)17(14(19)9-12)24-7-6-23-3;1-12-14-6-4-5-7-15(14)13(2)17-16(12)18-19-20(17)8-9-22-11-10-21-3;1-12-14-6-4-5-7-15(14)13(2)17-16(12)18-20(19-17)8-9-22-11-10-21-3;1-10-4-5-11(2)13-12(10)14(17)16(15(13)18)6-7-20-9-8-19-3;1-10-8-9-11(2)14-13(10)15-17(16-14)12-6-4-3-5-7-12;1-8-10(14)11(15)9(2)13-12(8)16-18(17-13)4-5-20-7-6-19-3;1-10-4-5-11(2)13-12(10)14-16(15-13)6-7-18-9-8-17-3/h4-5,8-9H,6-7H2,1-3H3;2*4-7H,8-11H2,1-3H3;4-5H,6-9H2,1-3H3;3-9H,1-2H3;4-7H2,1-3H3;4-5H,6-9H2,1-3H3. The first-order valence-electron chi connectivity index (χ1n) is 47.1. The molecular weight excluding hydrogens is 1840 g/mol. The molecule has 33 nitrogen and oxygen atoms in total. The summed E-state index contributed by atoms with van der Waals surface area (Å²) in [6, 6.07) is 45.1. The summed E-state index contributed by atoms with van der Waals surface area (Å²) in [5, 5.41) is 58.1. The number of methoxy groups -OCH3 is 6. The summed E-state index contributed by atoms with van der Waals surface area (Å²) in [7, 11) is 9.68.